The number of methoxy groups -OCH3 is 1. The summed E-state index contributed by atoms with van der Waals surface area (Å²) < 4.78 is 11.2. The molecule has 0 radical (unpaired) electrons. The molecule has 1 amide bonds. The summed E-state index contributed by atoms with van der Waals surface area (Å²) in [6, 6.07) is 17.1. The van der Waals surface area contributed by atoms with Crippen LogP contribution in [0.2, 0.25) is 10.0 Å². The van der Waals surface area contributed by atoms with E-state index in [0.717, 1.165) is 17.3 Å². The van der Waals surface area contributed by atoms with Crippen molar-refractivity contribution < 1.29 is 19.2 Å². The van der Waals surface area contributed by atoms with Crippen molar-refractivity contribution in [3.8, 4) is 11.5 Å². The van der Waals surface area contributed by atoms with Crippen LogP contribution in [0.5, 0.6) is 11.5 Å². The molecule has 3 aromatic carbocycles. The third kappa shape index (κ3) is 5.76. The van der Waals surface area contributed by atoms with Gasteiger partial charge in [0.2, 0.25) is 0 Å². The quantitative estimate of drug-likeness (QED) is 0.216. The Labute approximate surface area is 214 Å². The summed E-state index contributed by atoms with van der Waals surface area (Å²) in [5.74, 6) is 0.0533. The zero-order chi connectivity index (χ0) is 24.9. The number of ether oxygens (including phenoxy) is 2. The Kier molecular flexibility index (Phi) is 7.60. The van der Waals surface area contributed by atoms with Crippen molar-refractivity contribution in [3.63, 3.8) is 0 Å². The Balaban J connectivity index is 1.64. The van der Waals surface area contributed by atoms with Gasteiger partial charge in [0, 0.05) is 0 Å². The Morgan fingerprint density at radius 2 is 1.89 bits per heavy atom. The number of hydrogen-bond donors (Lipinski definition) is 1. The van der Waals surface area contributed by atoms with Gasteiger partial charge in [-0.25, -0.2) is 4.99 Å². The fourth-order valence-electron chi connectivity index (χ4n) is 3.16. The Bertz CT molecular complexity index is 1360. The van der Waals surface area contributed by atoms with Crippen LogP contribution in [0.1, 0.15) is 11.1 Å². The number of benzene rings is 3. The predicted octanol–water partition coefficient (Wildman–Crippen LogP) is 6.38. The monoisotopic (exact) mass is 529 g/mol. The first-order chi connectivity index (χ1) is 16.9. The number of aliphatic imine (C=N–C) groups is 1. The van der Waals surface area contributed by atoms with E-state index in [1.165, 1.54) is 25.3 Å². The Morgan fingerprint density at radius 3 is 2.60 bits per heavy atom. The molecule has 1 aliphatic heterocycles. The molecule has 1 fully saturated rings. The Hall–Kier alpha value is -3.53. The summed E-state index contributed by atoms with van der Waals surface area (Å²) in [7, 11) is 1.43. The van der Waals surface area contributed by atoms with E-state index in [1.54, 1.807) is 18.2 Å². The average molecular weight is 530 g/mol. The standard InChI is InChI=1S/C24H17Cl2N3O5S/c1-33-19-10-15(18(29(31)32)12-20(19)34-13-14-6-3-2-4-7-14)11-21-23(30)28-24(35-21)27-17-9-5-8-16(25)22(17)26/h2-12H,13H2,1H3,(H,27,28,30)/b21-11+. The second kappa shape index (κ2) is 10.8. The van der Waals surface area contributed by atoms with Gasteiger partial charge in [-0.05, 0) is 41.6 Å². The normalized spacial score (nSPS) is 15.3. The maximum Gasteiger partial charge on any atom is 0.280 e. The minimum atomic E-state index is -0.542. The number of halogens is 2. The SMILES string of the molecule is COc1cc(/C=C2/SC(=Nc3cccc(Cl)c3Cl)NC2=O)c([N+](=O)[O-])cc1OCc1ccccc1. The van der Waals surface area contributed by atoms with Gasteiger partial charge in [-0.3, -0.25) is 14.9 Å². The van der Waals surface area contributed by atoms with Gasteiger partial charge >= 0.3 is 0 Å². The van der Waals surface area contributed by atoms with Crippen LogP contribution in [0.4, 0.5) is 11.4 Å². The van der Waals surface area contributed by atoms with Crippen molar-refractivity contribution >= 4 is 63.5 Å². The summed E-state index contributed by atoms with van der Waals surface area (Å²) in [6.45, 7) is 0.207. The number of amides is 1. The Morgan fingerprint density at radius 1 is 1.11 bits per heavy atom. The molecule has 8 nitrogen and oxygen atoms in total. The third-order valence-electron chi connectivity index (χ3n) is 4.84. The molecule has 4 rings (SSSR count). The number of thioether (sulfide) groups is 1. The number of hydrogen-bond acceptors (Lipinski definition) is 7. The molecular weight excluding hydrogens is 513 g/mol. The highest BCUT2D eigenvalue weighted by atomic mass is 35.5. The molecule has 0 aromatic heterocycles. The van der Waals surface area contributed by atoms with Crippen LogP contribution in [0.3, 0.4) is 0 Å². The first-order valence-corrected chi connectivity index (χ1v) is 11.7. The van der Waals surface area contributed by atoms with Crippen LogP contribution in [0, 0.1) is 10.1 Å². The molecule has 35 heavy (non-hydrogen) atoms. The first-order valence-electron chi connectivity index (χ1n) is 10.1. The fraction of sp³-hybridized carbons (Fsp3) is 0.0833. The molecule has 0 aliphatic carbocycles. The molecule has 0 bridgehead atoms. The van der Waals surface area contributed by atoms with Crippen molar-refractivity contribution in [3.05, 3.63) is 96.9 Å². The number of rotatable bonds is 7. The molecule has 1 N–H and O–H groups in total. The van der Waals surface area contributed by atoms with Crippen LogP contribution < -0.4 is 14.8 Å². The molecule has 0 saturated carbocycles. The number of nitrogens with zero attached hydrogens (tertiary/aromatic N) is 2. The summed E-state index contributed by atoms with van der Waals surface area (Å²) in [5.41, 5.74) is 1.22. The van der Waals surface area contributed by atoms with Crippen LogP contribution in [-0.4, -0.2) is 23.1 Å². The van der Waals surface area contributed by atoms with Crippen molar-refractivity contribution in [2.75, 3.05) is 7.11 Å². The lowest BCUT2D eigenvalue weighted by atomic mass is 10.1. The lowest BCUT2D eigenvalue weighted by Crippen LogP contribution is -2.19. The first kappa shape index (κ1) is 24.6. The van der Waals surface area contributed by atoms with Gasteiger partial charge in [-0.2, -0.15) is 0 Å². The minimum absolute atomic E-state index is 0.179. The van der Waals surface area contributed by atoms with Gasteiger partial charge in [0.05, 0.1) is 44.3 Å². The van der Waals surface area contributed by atoms with Gasteiger partial charge in [0.25, 0.3) is 11.6 Å². The zero-order valence-electron chi connectivity index (χ0n) is 18.2. The molecule has 11 heteroatoms. The van der Waals surface area contributed by atoms with Crippen LogP contribution >= 0.6 is 35.0 Å². The van der Waals surface area contributed by atoms with E-state index < -0.39 is 10.8 Å². The molecule has 3 aromatic rings. The van der Waals surface area contributed by atoms with E-state index in [9.17, 15) is 14.9 Å². The molecule has 178 valence electrons. The molecular formula is C24H17Cl2N3O5S. The maximum absolute atomic E-state index is 12.5. The summed E-state index contributed by atoms with van der Waals surface area (Å²) in [5, 5.41) is 15.3. The lowest BCUT2D eigenvalue weighted by molar-refractivity contribution is -0.385. The molecule has 1 saturated heterocycles. The van der Waals surface area contributed by atoms with Crippen molar-refractivity contribution in [1.29, 1.82) is 0 Å². The molecule has 0 atom stereocenters. The second-order valence-electron chi connectivity index (χ2n) is 7.15. The van der Waals surface area contributed by atoms with E-state index in [-0.39, 0.29) is 38.7 Å². The number of nitrogens with one attached hydrogen (secondary N) is 1. The summed E-state index contributed by atoms with van der Waals surface area (Å²) >= 11 is 13.2. The topological polar surface area (TPSA) is 103 Å². The number of amidine groups is 1. The molecule has 1 heterocycles. The highest BCUT2D eigenvalue weighted by molar-refractivity contribution is 8.18. The van der Waals surface area contributed by atoms with Crippen LogP contribution in [-0.2, 0) is 11.4 Å². The number of nitro benzene ring substituents is 1. The van der Waals surface area contributed by atoms with Crippen molar-refractivity contribution in [1.82, 2.24) is 5.32 Å². The number of carbonyl (C=O) groups excluding carboxylic acids is 1. The third-order valence-corrected chi connectivity index (χ3v) is 6.56. The highest BCUT2D eigenvalue weighted by Gasteiger charge is 2.27. The van der Waals surface area contributed by atoms with Gasteiger partial charge in [-0.1, -0.05) is 59.6 Å². The minimum Gasteiger partial charge on any atom is -0.493 e. The van der Waals surface area contributed by atoms with Crippen molar-refractivity contribution in [2.24, 2.45) is 4.99 Å². The van der Waals surface area contributed by atoms with E-state index in [0.29, 0.717) is 16.5 Å². The molecule has 0 unspecified atom stereocenters. The van der Waals surface area contributed by atoms with Gasteiger partial charge in [-0.15, -0.1) is 0 Å². The van der Waals surface area contributed by atoms with E-state index in [4.69, 9.17) is 32.7 Å². The number of carbonyl (C=O) groups is 1. The largest absolute Gasteiger partial charge is 0.493 e. The summed E-state index contributed by atoms with van der Waals surface area (Å²) in [4.78, 5) is 28.3. The van der Waals surface area contributed by atoms with Crippen molar-refractivity contribution in [2.45, 2.75) is 6.61 Å². The molecule has 1 aliphatic rings. The number of nitro groups is 1. The predicted molar refractivity (Wildman–Crippen MR) is 138 cm³/mol. The average Bonchev–Trinajstić information content (AvgIpc) is 3.19. The van der Waals surface area contributed by atoms with Gasteiger partial charge < -0.3 is 14.8 Å². The second-order valence-corrected chi connectivity index (χ2v) is 8.96. The smallest absolute Gasteiger partial charge is 0.280 e. The maximum atomic E-state index is 12.5. The van der Waals surface area contributed by atoms with Crippen LogP contribution in [0.15, 0.2) is 70.6 Å². The van der Waals surface area contributed by atoms with Gasteiger partial charge in [0.15, 0.2) is 16.7 Å². The molecule has 0 spiro atoms. The highest BCUT2D eigenvalue weighted by Crippen LogP contribution is 2.39. The van der Waals surface area contributed by atoms with Crippen LogP contribution in [0.25, 0.3) is 6.08 Å². The van der Waals surface area contributed by atoms with E-state index in [1.807, 2.05) is 30.3 Å². The van der Waals surface area contributed by atoms with E-state index >= 15 is 0 Å². The van der Waals surface area contributed by atoms with Gasteiger partial charge in [0.1, 0.15) is 6.61 Å². The fourth-order valence-corrected chi connectivity index (χ4v) is 4.32. The summed E-state index contributed by atoms with van der Waals surface area (Å²) in [6.07, 6.45) is 1.41. The zero-order valence-corrected chi connectivity index (χ0v) is 20.5. The van der Waals surface area contributed by atoms with E-state index in [2.05, 4.69) is 10.3 Å². The lowest BCUT2D eigenvalue weighted by Gasteiger charge is -2.12.